The Bertz CT molecular complexity index is 669. The van der Waals surface area contributed by atoms with Gasteiger partial charge in [-0.1, -0.05) is 36.2 Å². The molecular weight excluding hydrogens is 477 g/mol. The largest absolute Gasteiger partial charge is 0.357 e. The molecule has 2 fully saturated rings. The molecule has 6 nitrogen and oxygen atoms in total. The molecule has 2 N–H and O–H groups in total. The maximum absolute atomic E-state index is 12.3. The molecule has 0 spiro atoms. The molecule has 1 aliphatic carbocycles. The van der Waals surface area contributed by atoms with Gasteiger partial charge < -0.3 is 15.5 Å². The first-order valence-electron chi connectivity index (χ1n) is 10.7. The Morgan fingerprint density at radius 1 is 1.17 bits per heavy atom. The van der Waals surface area contributed by atoms with Gasteiger partial charge in [0.25, 0.3) is 0 Å². The van der Waals surface area contributed by atoms with Crippen molar-refractivity contribution in [2.45, 2.75) is 39.7 Å². The number of hydrogen-bond acceptors (Lipinski definition) is 3. The van der Waals surface area contributed by atoms with Crippen LogP contribution in [0.15, 0.2) is 29.3 Å². The van der Waals surface area contributed by atoms with Gasteiger partial charge in [0, 0.05) is 51.7 Å². The minimum absolute atomic E-state index is 0. The number of carbonyl (C=O) groups excluding carboxylic acids is 1. The van der Waals surface area contributed by atoms with Crippen LogP contribution in [-0.4, -0.2) is 67.5 Å². The second-order valence-electron chi connectivity index (χ2n) is 7.91. The first-order valence-corrected chi connectivity index (χ1v) is 10.7. The van der Waals surface area contributed by atoms with Crippen LogP contribution in [0.5, 0.6) is 0 Å². The average Bonchev–Trinajstić information content (AvgIpc) is 2.65. The molecule has 0 atom stereocenters. The van der Waals surface area contributed by atoms with Gasteiger partial charge in [-0.15, -0.1) is 24.0 Å². The number of hydrogen-bond donors (Lipinski definition) is 2. The topological polar surface area (TPSA) is 60.0 Å². The highest BCUT2D eigenvalue weighted by molar-refractivity contribution is 14.0. The summed E-state index contributed by atoms with van der Waals surface area (Å²) in [6.07, 6.45) is 3.41. The quantitative estimate of drug-likeness (QED) is 0.335. The van der Waals surface area contributed by atoms with Crippen molar-refractivity contribution >= 4 is 35.8 Å². The second kappa shape index (κ2) is 12.4. The Morgan fingerprint density at radius 2 is 1.93 bits per heavy atom. The Labute approximate surface area is 192 Å². The molecule has 2 aliphatic rings. The summed E-state index contributed by atoms with van der Waals surface area (Å²) in [4.78, 5) is 21.5. The number of halogens is 1. The van der Waals surface area contributed by atoms with Gasteiger partial charge in [0.05, 0.1) is 6.54 Å². The summed E-state index contributed by atoms with van der Waals surface area (Å²) in [5.74, 6) is 1.57. The number of guanidine groups is 1. The van der Waals surface area contributed by atoms with E-state index >= 15 is 0 Å². The lowest BCUT2D eigenvalue weighted by Gasteiger charge is -2.38. The third-order valence-corrected chi connectivity index (χ3v) is 5.71. The highest BCUT2D eigenvalue weighted by Gasteiger charge is 2.30. The molecule has 1 heterocycles. The van der Waals surface area contributed by atoms with Crippen LogP contribution in [0.25, 0.3) is 0 Å². The van der Waals surface area contributed by atoms with Crippen molar-refractivity contribution < 1.29 is 4.79 Å². The van der Waals surface area contributed by atoms with Crippen molar-refractivity contribution in [1.29, 1.82) is 0 Å². The number of amides is 1. The fourth-order valence-electron chi connectivity index (χ4n) is 3.76. The Hall–Kier alpha value is -1.35. The molecule has 1 amide bonds. The zero-order chi connectivity index (χ0) is 19.8. The predicted molar refractivity (Wildman–Crippen MR) is 130 cm³/mol. The van der Waals surface area contributed by atoms with Gasteiger partial charge in [-0.3, -0.25) is 9.69 Å². The molecule has 1 aromatic rings. The second-order valence-corrected chi connectivity index (χ2v) is 7.91. The Kier molecular flexibility index (Phi) is 10.2. The molecule has 1 aromatic carbocycles. The number of benzene rings is 1. The van der Waals surface area contributed by atoms with Gasteiger partial charge in [0.1, 0.15) is 0 Å². The standard InChI is InChI=1S/C22H35N5O.HI/c1-3-23-22(25-17-19-7-4-6-18(2)16-19)24-10-11-26-12-14-27(15-13-26)21(28)20-8-5-9-20;/h4,6-7,16,20H,3,5,8-15,17H2,1-2H3,(H2,23,24,25);1H. The maximum Gasteiger partial charge on any atom is 0.225 e. The molecule has 7 heteroatoms. The molecule has 1 aliphatic heterocycles. The third kappa shape index (κ3) is 7.44. The minimum Gasteiger partial charge on any atom is -0.357 e. The summed E-state index contributed by atoms with van der Waals surface area (Å²) >= 11 is 0. The third-order valence-electron chi connectivity index (χ3n) is 5.71. The normalized spacial score (nSPS) is 18.0. The number of aryl methyl sites for hydroxylation is 1. The van der Waals surface area contributed by atoms with Gasteiger partial charge >= 0.3 is 0 Å². The maximum atomic E-state index is 12.3. The van der Waals surface area contributed by atoms with E-state index in [9.17, 15) is 4.79 Å². The van der Waals surface area contributed by atoms with Gasteiger partial charge in [0.15, 0.2) is 5.96 Å². The van der Waals surface area contributed by atoms with E-state index < -0.39 is 0 Å². The van der Waals surface area contributed by atoms with E-state index in [1.165, 1.54) is 17.5 Å². The number of aliphatic imine (C=N–C) groups is 1. The van der Waals surface area contributed by atoms with E-state index in [-0.39, 0.29) is 24.0 Å². The number of rotatable bonds is 7. The van der Waals surface area contributed by atoms with E-state index in [1.807, 2.05) is 0 Å². The lowest BCUT2D eigenvalue weighted by Crippen LogP contribution is -2.52. The van der Waals surface area contributed by atoms with Crippen LogP contribution in [-0.2, 0) is 11.3 Å². The summed E-state index contributed by atoms with van der Waals surface area (Å²) in [5.41, 5.74) is 2.49. The summed E-state index contributed by atoms with van der Waals surface area (Å²) in [7, 11) is 0. The average molecular weight is 513 g/mol. The van der Waals surface area contributed by atoms with Crippen LogP contribution in [0.1, 0.15) is 37.3 Å². The zero-order valence-corrected chi connectivity index (χ0v) is 20.2. The molecule has 1 saturated carbocycles. The van der Waals surface area contributed by atoms with Crippen LogP contribution in [0.4, 0.5) is 0 Å². The van der Waals surface area contributed by atoms with Crippen molar-refractivity contribution in [3.8, 4) is 0 Å². The van der Waals surface area contributed by atoms with Gasteiger partial charge in [-0.2, -0.15) is 0 Å². The molecule has 162 valence electrons. The first kappa shape index (κ1) is 23.9. The number of piperazine rings is 1. The predicted octanol–water partition coefficient (Wildman–Crippen LogP) is 2.61. The summed E-state index contributed by atoms with van der Waals surface area (Å²) in [6, 6.07) is 8.48. The number of carbonyl (C=O) groups is 1. The molecule has 29 heavy (non-hydrogen) atoms. The summed E-state index contributed by atoms with van der Waals surface area (Å²) in [6.45, 7) is 11.2. The molecule has 0 unspecified atom stereocenters. The number of nitrogens with zero attached hydrogens (tertiary/aromatic N) is 3. The molecule has 0 bridgehead atoms. The Morgan fingerprint density at radius 3 is 2.55 bits per heavy atom. The van der Waals surface area contributed by atoms with Gasteiger partial charge in [-0.05, 0) is 32.3 Å². The zero-order valence-electron chi connectivity index (χ0n) is 17.8. The first-order chi connectivity index (χ1) is 13.7. The van der Waals surface area contributed by atoms with Crippen molar-refractivity contribution in [2.75, 3.05) is 45.8 Å². The SMILES string of the molecule is CCNC(=NCc1cccc(C)c1)NCCN1CCN(C(=O)C2CCC2)CC1.I. The van der Waals surface area contributed by atoms with Crippen LogP contribution >= 0.6 is 24.0 Å². The van der Waals surface area contributed by atoms with E-state index in [2.05, 4.69) is 58.5 Å². The van der Waals surface area contributed by atoms with Crippen LogP contribution in [0.2, 0.25) is 0 Å². The van der Waals surface area contributed by atoms with Crippen LogP contribution in [0.3, 0.4) is 0 Å². The monoisotopic (exact) mass is 513 g/mol. The van der Waals surface area contributed by atoms with E-state index in [0.29, 0.717) is 18.4 Å². The van der Waals surface area contributed by atoms with Crippen molar-refractivity contribution in [3.05, 3.63) is 35.4 Å². The van der Waals surface area contributed by atoms with Crippen molar-refractivity contribution in [3.63, 3.8) is 0 Å². The summed E-state index contributed by atoms with van der Waals surface area (Å²) < 4.78 is 0. The molecule has 1 saturated heterocycles. The smallest absolute Gasteiger partial charge is 0.225 e. The fraction of sp³-hybridized carbons (Fsp3) is 0.636. The van der Waals surface area contributed by atoms with E-state index in [4.69, 9.17) is 4.99 Å². The van der Waals surface area contributed by atoms with E-state index in [1.54, 1.807) is 0 Å². The van der Waals surface area contributed by atoms with E-state index in [0.717, 1.165) is 64.6 Å². The van der Waals surface area contributed by atoms with Crippen LogP contribution in [0, 0.1) is 12.8 Å². The Balaban J connectivity index is 0.00000300. The number of nitrogens with one attached hydrogen (secondary N) is 2. The highest BCUT2D eigenvalue weighted by atomic mass is 127. The molecule has 0 radical (unpaired) electrons. The van der Waals surface area contributed by atoms with Crippen molar-refractivity contribution in [1.82, 2.24) is 20.4 Å². The molecule has 3 rings (SSSR count). The minimum atomic E-state index is 0. The molecule has 0 aromatic heterocycles. The molecular formula is C22H36IN5O. The van der Waals surface area contributed by atoms with Crippen LogP contribution < -0.4 is 10.6 Å². The highest BCUT2D eigenvalue weighted by Crippen LogP contribution is 2.28. The van der Waals surface area contributed by atoms with Crippen molar-refractivity contribution in [2.24, 2.45) is 10.9 Å². The van der Waals surface area contributed by atoms with Gasteiger partial charge in [0.2, 0.25) is 5.91 Å². The lowest BCUT2D eigenvalue weighted by atomic mass is 9.84. The van der Waals surface area contributed by atoms with Gasteiger partial charge in [-0.25, -0.2) is 4.99 Å². The summed E-state index contributed by atoms with van der Waals surface area (Å²) in [5, 5.41) is 6.76. The fourth-order valence-corrected chi connectivity index (χ4v) is 3.76. The lowest BCUT2D eigenvalue weighted by molar-refractivity contribution is -0.139.